The molecular weight excluding hydrogens is 230 g/mol. The molecule has 0 aliphatic carbocycles. The molecule has 4 N–H and O–H groups in total. The van der Waals surface area contributed by atoms with Crippen molar-refractivity contribution in [3.63, 3.8) is 0 Å². The zero-order valence-corrected chi connectivity index (χ0v) is 11.1. The normalized spacial score (nSPS) is 10.8. The molecule has 1 amide bonds. The highest BCUT2D eigenvalue weighted by molar-refractivity contribution is 5.92. The summed E-state index contributed by atoms with van der Waals surface area (Å²) >= 11 is 0. The van der Waals surface area contributed by atoms with Crippen molar-refractivity contribution in [2.75, 3.05) is 25.6 Å². The zero-order valence-electron chi connectivity index (χ0n) is 11.1. The van der Waals surface area contributed by atoms with Crippen molar-refractivity contribution < 1.29 is 4.79 Å². The molecule has 0 unspecified atom stereocenters. The van der Waals surface area contributed by atoms with Gasteiger partial charge in [-0.15, -0.1) is 0 Å². The van der Waals surface area contributed by atoms with Gasteiger partial charge in [-0.2, -0.15) is 0 Å². The van der Waals surface area contributed by atoms with Gasteiger partial charge in [0, 0.05) is 19.1 Å². The van der Waals surface area contributed by atoms with Crippen molar-refractivity contribution in [2.45, 2.75) is 19.9 Å². The highest BCUT2D eigenvalue weighted by Gasteiger charge is 2.07. The number of nitrogens with two attached hydrogens (primary N) is 1. The Morgan fingerprint density at radius 2 is 2.22 bits per heavy atom. The van der Waals surface area contributed by atoms with Gasteiger partial charge in [-0.3, -0.25) is 10.6 Å². The van der Waals surface area contributed by atoms with E-state index in [0.29, 0.717) is 24.0 Å². The summed E-state index contributed by atoms with van der Waals surface area (Å²) in [5.74, 6) is 5.05. The average Bonchev–Trinajstić information content (AvgIpc) is 2.38. The van der Waals surface area contributed by atoms with Gasteiger partial charge in [-0.25, -0.2) is 4.98 Å². The van der Waals surface area contributed by atoms with E-state index in [4.69, 9.17) is 5.84 Å². The molecule has 6 heteroatoms. The maximum absolute atomic E-state index is 11.8. The fraction of sp³-hybridized carbons (Fsp3) is 0.500. The lowest BCUT2D eigenvalue weighted by molar-refractivity contribution is 0.0943. The first-order valence-electron chi connectivity index (χ1n) is 5.95. The third-order valence-electron chi connectivity index (χ3n) is 2.79. The van der Waals surface area contributed by atoms with Gasteiger partial charge >= 0.3 is 0 Å². The molecule has 100 valence electrons. The van der Waals surface area contributed by atoms with Gasteiger partial charge in [0.1, 0.15) is 5.69 Å². The Labute approximate surface area is 108 Å². The van der Waals surface area contributed by atoms with Gasteiger partial charge < -0.3 is 15.6 Å². The molecule has 0 bridgehead atoms. The van der Waals surface area contributed by atoms with Crippen molar-refractivity contribution in [1.82, 2.24) is 15.2 Å². The Hall–Kier alpha value is -1.66. The lowest BCUT2D eigenvalue weighted by Crippen LogP contribution is -2.36. The smallest absolute Gasteiger partial charge is 0.269 e. The molecule has 0 radical (unpaired) electrons. The molecule has 0 aliphatic heterocycles. The second kappa shape index (κ2) is 6.93. The standard InChI is InChI=1S/C12H21N5O/c1-9(2)17(3)7-6-14-12(18)11-5-4-10(16-13)8-15-11/h4-5,8-9,16H,6-7,13H2,1-3H3,(H,14,18). The Balaban J connectivity index is 2.40. The number of likely N-dealkylation sites (N-methyl/N-ethyl adjacent to an activating group) is 1. The summed E-state index contributed by atoms with van der Waals surface area (Å²) in [6, 6.07) is 3.81. The molecule has 1 aromatic heterocycles. The van der Waals surface area contributed by atoms with Crippen molar-refractivity contribution in [1.29, 1.82) is 0 Å². The van der Waals surface area contributed by atoms with Crippen LogP contribution >= 0.6 is 0 Å². The fourth-order valence-electron chi connectivity index (χ4n) is 1.31. The van der Waals surface area contributed by atoms with Gasteiger partial charge in [-0.05, 0) is 33.0 Å². The number of hydrazine groups is 1. The van der Waals surface area contributed by atoms with Crippen LogP contribution in [0.25, 0.3) is 0 Å². The summed E-state index contributed by atoms with van der Waals surface area (Å²) in [5, 5.41) is 2.83. The van der Waals surface area contributed by atoms with E-state index in [0.717, 1.165) is 6.54 Å². The number of amides is 1. The van der Waals surface area contributed by atoms with Crippen LogP contribution in [0.1, 0.15) is 24.3 Å². The molecule has 0 spiro atoms. The molecule has 0 aliphatic rings. The van der Waals surface area contributed by atoms with Crippen molar-refractivity contribution in [2.24, 2.45) is 5.84 Å². The Kier molecular flexibility index (Phi) is 5.54. The SMILES string of the molecule is CC(C)N(C)CCNC(=O)c1ccc(NN)cn1. The summed E-state index contributed by atoms with van der Waals surface area (Å²) in [6.07, 6.45) is 1.52. The summed E-state index contributed by atoms with van der Waals surface area (Å²) in [6.45, 7) is 5.64. The van der Waals surface area contributed by atoms with Crippen molar-refractivity contribution in [3.05, 3.63) is 24.0 Å². The first-order valence-corrected chi connectivity index (χ1v) is 5.95. The van der Waals surface area contributed by atoms with E-state index in [2.05, 4.69) is 34.5 Å². The van der Waals surface area contributed by atoms with Gasteiger partial charge in [0.05, 0.1) is 11.9 Å². The Morgan fingerprint density at radius 1 is 1.50 bits per heavy atom. The van der Waals surface area contributed by atoms with E-state index in [-0.39, 0.29) is 5.91 Å². The van der Waals surface area contributed by atoms with Crippen LogP contribution in [0.2, 0.25) is 0 Å². The topological polar surface area (TPSA) is 83.3 Å². The lowest BCUT2D eigenvalue weighted by atomic mass is 10.3. The number of nitrogen functional groups attached to an aromatic ring is 1. The van der Waals surface area contributed by atoms with Gasteiger partial charge in [0.25, 0.3) is 5.91 Å². The summed E-state index contributed by atoms with van der Waals surface area (Å²) < 4.78 is 0. The summed E-state index contributed by atoms with van der Waals surface area (Å²) in [4.78, 5) is 17.9. The van der Waals surface area contributed by atoms with Crippen molar-refractivity contribution in [3.8, 4) is 0 Å². The molecular formula is C12H21N5O. The molecule has 0 fully saturated rings. The number of anilines is 1. The predicted molar refractivity (Wildman–Crippen MR) is 72.1 cm³/mol. The number of hydrogen-bond donors (Lipinski definition) is 3. The summed E-state index contributed by atoms with van der Waals surface area (Å²) in [5.41, 5.74) is 3.53. The Morgan fingerprint density at radius 3 is 2.72 bits per heavy atom. The number of hydrogen-bond acceptors (Lipinski definition) is 5. The number of pyridine rings is 1. The van der Waals surface area contributed by atoms with Crippen LogP contribution in [0.3, 0.4) is 0 Å². The Bertz CT molecular complexity index is 377. The molecule has 1 rings (SSSR count). The first kappa shape index (κ1) is 14.4. The third-order valence-corrected chi connectivity index (χ3v) is 2.79. The van der Waals surface area contributed by atoms with E-state index < -0.39 is 0 Å². The van der Waals surface area contributed by atoms with Crippen LogP contribution in [0.4, 0.5) is 5.69 Å². The second-order valence-electron chi connectivity index (χ2n) is 4.41. The largest absolute Gasteiger partial charge is 0.349 e. The number of aromatic nitrogens is 1. The highest BCUT2D eigenvalue weighted by atomic mass is 16.1. The zero-order chi connectivity index (χ0) is 13.5. The predicted octanol–water partition coefficient (Wildman–Crippen LogP) is 0.437. The van der Waals surface area contributed by atoms with E-state index in [1.165, 1.54) is 6.20 Å². The van der Waals surface area contributed by atoms with Crippen LogP contribution in [0, 0.1) is 0 Å². The second-order valence-corrected chi connectivity index (χ2v) is 4.41. The molecule has 18 heavy (non-hydrogen) atoms. The van der Waals surface area contributed by atoms with Crippen LogP contribution in [-0.4, -0.2) is 42.0 Å². The highest BCUT2D eigenvalue weighted by Crippen LogP contribution is 2.03. The molecule has 0 aromatic carbocycles. The molecule has 0 saturated carbocycles. The number of nitrogens with zero attached hydrogens (tertiary/aromatic N) is 2. The van der Waals surface area contributed by atoms with Crippen LogP contribution in [-0.2, 0) is 0 Å². The minimum absolute atomic E-state index is 0.171. The molecule has 1 heterocycles. The van der Waals surface area contributed by atoms with E-state index in [1.54, 1.807) is 12.1 Å². The van der Waals surface area contributed by atoms with Gasteiger partial charge in [-0.1, -0.05) is 0 Å². The molecule has 6 nitrogen and oxygen atoms in total. The van der Waals surface area contributed by atoms with Crippen LogP contribution in [0.15, 0.2) is 18.3 Å². The van der Waals surface area contributed by atoms with Crippen LogP contribution in [0.5, 0.6) is 0 Å². The molecule has 1 aromatic rings. The first-order chi connectivity index (χ1) is 8.54. The van der Waals surface area contributed by atoms with Gasteiger partial charge in [0.15, 0.2) is 0 Å². The number of carbonyl (C=O) groups excluding carboxylic acids is 1. The quantitative estimate of drug-likeness (QED) is 0.504. The monoisotopic (exact) mass is 251 g/mol. The van der Waals surface area contributed by atoms with Crippen LogP contribution < -0.4 is 16.6 Å². The maximum Gasteiger partial charge on any atom is 0.269 e. The summed E-state index contributed by atoms with van der Waals surface area (Å²) in [7, 11) is 2.02. The number of rotatable bonds is 6. The number of nitrogens with one attached hydrogen (secondary N) is 2. The van der Waals surface area contributed by atoms with Crippen molar-refractivity contribution >= 4 is 11.6 Å². The number of carbonyl (C=O) groups is 1. The fourth-order valence-corrected chi connectivity index (χ4v) is 1.31. The molecule has 0 saturated heterocycles. The van der Waals surface area contributed by atoms with E-state index >= 15 is 0 Å². The minimum Gasteiger partial charge on any atom is -0.349 e. The maximum atomic E-state index is 11.8. The van der Waals surface area contributed by atoms with Gasteiger partial charge in [0.2, 0.25) is 0 Å². The third kappa shape index (κ3) is 4.31. The lowest BCUT2D eigenvalue weighted by Gasteiger charge is -2.20. The minimum atomic E-state index is -0.171. The average molecular weight is 251 g/mol. The van der Waals surface area contributed by atoms with E-state index in [1.807, 2.05) is 7.05 Å². The van der Waals surface area contributed by atoms with E-state index in [9.17, 15) is 4.79 Å². The molecule has 0 atom stereocenters.